The van der Waals surface area contributed by atoms with E-state index >= 15 is 0 Å². The van der Waals surface area contributed by atoms with Gasteiger partial charge in [-0.3, -0.25) is 0 Å². The molecule has 0 radical (unpaired) electrons. The zero-order valence-corrected chi connectivity index (χ0v) is 14.5. The highest BCUT2D eigenvalue weighted by Crippen LogP contribution is 2.32. The van der Waals surface area contributed by atoms with Gasteiger partial charge in [-0.05, 0) is 48.2 Å². The monoisotopic (exact) mass is 334 g/mol. The van der Waals surface area contributed by atoms with E-state index in [1.165, 1.54) is 11.1 Å². The van der Waals surface area contributed by atoms with Crippen LogP contribution in [0.25, 0.3) is 22.1 Å². The Morgan fingerprint density at radius 3 is 1.72 bits per heavy atom. The highest BCUT2D eigenvalue weighted by Gasteiger charge is 2.18. The molecule has 0 spiro atoms. The van der Waals surface area contributed by atoms with Crippen LogP contribution in [-0.2, 0) is 4.74 Å². The lowest BCUT2D eigenvalue weighted by molar-refractivity contribution is -0.0190. The molecule has 2 atom stereocenters. The van der Waals surface area contributed by atoms with E-state index in [9.17, 15) is 0 Å². The second kappa shape index (κ2) is 6.69. The van der Waals surface area contributed by atoms with Crippen molar-refractivity contribution < 1.29 is 4.74 Å². The summed E-state index contributed by atoms with van der Waals surface area (Å²) in [5.41, 5.74) is 6.42. The van der Waals surface area contributed by atoms with Crippen molar-refractivity contribution in [1.82, 2.24) is 19.9 Å². The van der Waals surface area contributed by atoms with Gasteiger partial charge in [0.2, 0.25) is 0 Å². The molecular weight excluding hydrogens is 312 g/mol. The normalized spacial score (nSPS) is 14.2. The minimum atomic E-state index is 0.0510. The molecule has 2 unspecified atom stereocenters. The number of ether oxygens (including phenoxy) is 1. The lowest BCUT2D eigenvalue weighted by Gasteiger charge is -2.24. The Hall–Kier alpha value is -2.66. The number of hydrogen-bond donors (Lipinski definition) is 2. The number of benzene rings is 2. The number of aromatic nitrogens is 4. The van der Waals surface area contributed by atoms with Crippen molar-refractivity contribution in [2.45, 2.75) is 38.9 Å². The molecule has 0 aliphatic carbocycles. The van der Waals surface area contributed by atoms with Gasteiger partial charge in [-0.2, -0.15) is 0 Å². The van der Waals surface area contributed by atoms with E-state index in [1.807, 2.05) is 12.1 Å². The van der Waals surface area contributed by atoms with Crippen LogP contribution in [0.2, 0.25) is 0 Å². The second-order valence-electron chi connectivity index (χ2n) is 6.29. The molecule has 2 aromatic heterocycles. The first kappa shape index (κ1) is 15.8. The molecule has 5 nitrogen and oxygen atoms in total. The van der Waals surface area contributed by atoms with Gasteiger partial charge in [-0.15, -0.1) is 0 Å². The highest BCUT2D eigenvalue weighted by molar-refractivity contribution is 5.75. The smallest absolute Gasteiger partial charge is 0.0931 e. The quantitative estimate of drug-likeness (QED) is 0.518. The summed E-state index contributed by atoms with van der Waals surface area (Å²) in [5.74, 6) is 0. The van der Waals surface area contributed by atoms with Crippen LogP contribution in [0.15, 0.2) is 49.1 Å². The molecule has 2 aromatic carbocycles. The van der Waals surface area contributed by atoms with Gasteiger partial charge in [-0.1, -0.05) is 26.0 Å². The van der Waals surface area contributed by atoms with E-state index in [-0.39, 0.29) is 12.2 Å². The van der Waals surface area contributed by atoms with Gasteiger partial charge in [0.05, 0.1) is 46.9 Å². The molecule has 0 aliphatic rings. The number of nitrogens with one attached hydrogen (secondary N) is 2. The Labute approximate surface area is 146 Å². The Bertz CT molecular complexity index is 907. The van der Waals surface area contributed by atoms with Crippen molar-refractivity contribution in [3.05, 3.63) is 60.2 Å². The predicted octanol–water partition coefficient (Wildman–Crippen LogP) is 5.06. The molecule has 25 heavy (non-hydrogen) atoms. The maximum Gasteiger partial charge on any atom is 0.0931 e. The van der Waals surface area contributed by atoms with Gasteiger partial charge < -0.3 is 14.7 Å². The average molecular weight is 334 g/mol. The minimum absolute atomic E-state index is 0.0510. The maximum absolute atomic E-state index is 6.50. The summed E-state index contributed by atoms with van der Waals surface area (Å²) < 4.78 is 6.50. The lowest BCUT2D eigenvalue weighted by atomic mass is 10.0. The van der Waals surface area contributed by atoms with E-state index in [4.69, 9.17) is 4.74 Å². The molecule has 5 heteroatoms. The van der Waals surface area contributed by atoms with Crippen molar-refractivity contribution in [2.24, 2.45) is 0 Å². The Kier molecular flexibility index (Phi) is 4.24. The third kappa shape index (κ3) is 3.03. The number of imidazole rings is 2. The molecule has 4 aromatic rings. The zero-order valence-electron chi connectivity index (χ0n) is 14.5. The van der Waals surface area contributed by atoms with Crippen molar-refractivity contribution in [2.75, 3.05) is 0 Å². The first-order valence-electron chi connectivity index (χ1n) is 8.80. The number of aromatic amines is 2. The molecule has 0 saturated carbocycles. The molecule has 0 fully saturated rings. The van der Waals surface area contributed by atoms with Crippen molar-refractivity contribution in [3.8, 4) is 0 Å². The van der Waals surface area contributed by atoms with Gasteiger partial charge >= 0.3 is 0 Å². The highest BCUT2D eigenvalue weighted by atomic mass is 16.5. The number of fused-ring (bicyclic) bond motifs is 2. The van der Waals surface area contributed by atoms with E-state index in [1.54, 1.807) is 12.7 Å². The van der Waals surface area contributed by atoms with Crippen LogP contribution >= 0.6 is 0 Å². The summed E-state index contributed by atoms with van der Waals surface area (Å²) in [5, 5.41) is 0. The standard InChI is InChI=1S/C20H22N4O/c1-3-19(13-5-7-15-17(9-13)23-11-21-15)25-20(4-2)14-6-8-16-18(10-14)24-12-22-16/h5-12,19-20H,3-4H2,1-2H3,(H,21,23)(H,22,24). The molecule has 0 amide bonds. The first-order chi connectivity index (χ1) is 12.3. The van der Waals surface area contributed by atoms with Crippen LogP contribution in [0.5, 0.6) is 0 Å². The maximum atomic E-state index is 6.50. The van der Waals surface area contributed by atoms with E-state index < -0.39 is 0 Å². The summed E-state index contributed by atoms with van der Waals surface area (Å²) in [6.45, 7) is 4.32. The fraction of sp³-hybridized carbons (Fsp3) is 0.300. The minimum Gasteiger partial charge on any atom is -0.366 e. The van der Waals surface area contributed by atoms with E-state index in [0.29, 0.717) is 0 Å². The fourth-order valence-corrected chi connectivity index (χ4v) is 3.33. The summed E-state index contributed by atoms with van der Waals surface area (Å²) in [4.78, 5) is 14.9. The summed E-state index contributed by atoms with van der Waals surface area (Å²) >= 11 is 0. The number of nitrogens with zero attached hydrogens (tertiary/aromatic N) is 2. The Balaban J connectivity index is 1.61. The predicted molar refractivity (Wildman–Crippen MR) is 99.3 cm³/mol. The van der Waals surface area contributed by atoms with E-state index in [0.717, 1.165) is 34.9 Å². The number of hydrogen-bond acceptors (Lipinski definition) is 3. The van der Waals surface area contributed by atoms with Gasteiger partial charge in [0.25, 0.3) is 0 Å². The lowest BCUT2D eigenvalue weighted by Crippen LogP contribution is -2.09. The van der Waals surface area contributed by atoms with Crippen LogP contribution in [0.4, 0.5) is 0 Å². The molecule has 0 saturated heterocycles. The SMILES string of the molecule is CCC(OC(CC)c1ccc2nc[nH]c2c1)c1ccc2nc[nH]c2c1. The van der Waals surface area contributed by atoms with Crippen LogP contribution in [0.3, 0.4) is 0 Å². The molecule has 128 valence electrons. The van der Waals surface area contributed by atoms with Crippen molar-refractivity contribution in [1.29, 1.82) is 0 Å². The molecular formula is C20H22N4O. The second-order valence-corrected chi connectivity index (χ2v) is 6.29. The van der Waals surface area contributed by atoms with Crippen LogP contribution < -0.4 is 0 Å². The molecule has 4 rings (SSSR count). The first-order valence-corrected chi connectivity index (χ1v) is 8.80. The summed E-state index contributed by atoms with van der Waals surface area (Å²) in [7, 11) is 0. The fourth-order valence-electron chi connectivity index (χ4n) is 3.33. The van der Waals surface area contributed by atoms with Crippen molar-refractivity contribution >= 4 is 22.1 Å². The molecule has 2 N–H and O–H groups in total. The van der Waals surface area contributed by atoms with Gasteiger partial charge in [0, 0.05) is 0 Å². The Morgan fingerprint density at radius 2 is 1.28 bits per heavy atom. The third-order valence-corrected chi connectivity index (χ3v) is 4.70. The molecule has 0 aliphatic heterocycles. The van der Waals surface area contributed by atoms with Crippen LogP contribution in [0, 0.1) is 0 Å². The third-order valence-electron chi connectivity index (χ3n) is 4.70. The van der Waals surface area contributed by atoms with Crippen molar-refractivity contribution in [3.63, 3.8) is 0 Å². The zero-order chi connectivity index (χ0) is 17.2. The van der Waals surface area contributed by atoms with Crippen LogP contribution in [0.1, 0.15) is 50.0 Å². The van der Waals surface area contributed by atoms with Gasteiger partial charge in [0.15, 0.2) is 0 Å². The van der Waals surface area contributed by atoms with Gasteiger partial charge in [0.1, 0.15) is 0 Å². The number of rotatable bonds is 6. The van der Waals surface area contributed by atoms with Crippen LogP contribution in [-0.4, -0.2) is 19.9 Å². The largest absolute Gasteiger partial charge is 0.366 e. The molecule has 2 heterocycles. The average Bonchev–Trinajstić information content (AvgIpc) is 3.30. The molecule has 0 bridgehead atoms. The Morgan fingerprint density at radius 1 is 0.800 bits per heavy atom. The van der Waals surface area contributed by atoms with E-state index in [2.05, 4.69) is 58.0 Å². The summed E-state index contributed by atoms with van der Waals surface area (Å²) in [6, 6.07) is 12.6. The topological polar surface area (TPSA) is 66.6 Å². The summed E-state index contributed by atoms with van der Waals surface area (Å²) in [6.07, 6.45) is 5.39. The number of H-pyrrole nitrogens is 2. The van der Waals surface area contributed by atoms with Gasteiger partial charge in [-0.25, -0.2) is 9.97 Å².